The van der Waals surface area contributed by atoms with E-state index in [1.807, 2.05) is 0 Å². The Labute approximate surface area is 131 Å². The Kier molecular flexibility index (Phi) is 7.94. The maximum atomic E-state index is 3.49. The molecule has 0 saturated heterocycles. The molecule has 1 aromatic carbocycles. The Morgan fingerprint density at radius 1 is 1.14 bits per heavy atom. The highest BCUT2D eigenvalue weighted by molar-refractivity contribution is 5.33. The molecule has 1 aromatic rings. The van der Waals surface area contributed by atoms with Crippen LogP contribution >= 0.6 is 0 Å². The summed E-state index contributed by atoms with van der Waals surface area (Å²) in [5.41, 5.74) is 4.15. The van der Waals surface area contributed by atoms with Crippen molar-refractivity contribution in [1.82, 2.24) is 15.1 Å². The Morgan fingerprint density at radius 3 is 2.38 bits per heavy atom. The zero-order chi connectivity index (χ0) is 15.8. The van der Waals surface area contributed by atoms with Crippen LogP contribution in [0, 0.1) is 13.8 Å². The van der Waals surface area contributed by atoms with Gasteiger partial charge in [-0.05, 0) is 72.2 Å². The van der Waals surface area contributed by atoms with Crippen molar-refractivity contribution in [1.29, 1.82) is 0 Å². The lowest BCUT2D eigenvalue weighted by atomic mass is 9.99. The van der Waals surface area contributed by atoms with E-state index in [4.69, 9.17) is 0 Å². The normalized spacial score (nSPS) is 13.1. The molecule has 120 valence electrons. The number of hydrogen-bond donors (Lipinski definition) is 1. The van der Waals surface area contributed by atoms with Crippen molar-refractivity contribution in [3.63, 3.8) is 0 Å². The average Bonchev–Trinajstić information content (AvgIpc) is 2.43. The van der Waals surface area contributed by atoms with Crippen LogP contribution in [0.4, 0.5) is 0 Å². The summed E-state index contributed by atoms with van der Waals surface area (Å²) < 4.78 is 0. The van der Waals surface area contributed by atoms with Crippen LogP contribution in [0.2, 0.25) is 0 Å². The standard InChI is InChI=1S/C18H33N3/c1-7-21(12-8-11-20(5)6)14-18(19-4)17-10-9-15(2)13-16(17)3/h9-10,13,18-19H,7-8,11-12,14H2,1-6H3. The third-order valence-corrected chi connectivity index (χ3v) is 4.12. The van der Waals surface area contributed by atoms with Crippen molar-refractivity contribution in [2.45, 2.75) is 33.2 Å². The summed E-state index contributed by atoms with van der Waals surface area (Å²) in [5.74, 6) is 0. The Balaban J connectivity index is 2.66. The maximum Gasteiger partial charge on any atom is 0.0449 e. The minimum atomic E-state index is 0.407. The third kappa shape index (κ3) is 6.16. The first-order valence-electron chi connectivity index (χ1n) is 8.09. The van der Waals surface area contributed by atoms with Gasteiger partial charge in [0.15, 0.2) is 0 Å². The first-order valence-corrected chi connectivity index (χ1v) is 8.09. The summed E-state index contributed by atoms with van der Waals surface area (Å²) in [5, 5.41) is 3.49. The van der Waals surface area contributed by atoms with Crippen molar-refractivity contribution in [2.24, 2.45) is 0 Å². The summed E-state index contributed by atoms with van der Waals surface area (Å²) in [6, 6.07) is 7.18. The van der Waals surface area contributed by atoms with Gasteiger partial charge in [0.1, 0.15) is 0 Å². The Morgan fingerprint density at radius 2 is 1.86 bits per heavy atom. The molecule has 0 heterocycles. The molecule has 0 aliphatic heterocycles. The molecule has 1 N–H and O–H groups in total. The molecule has 0 fully saturated rings. The molecule has 1 atom stereocenters. The van der Waals surface area contributed by atoms with E-state index in [0.29, 0.717) is 6.04 Å². The molecule has 0 aliphatic rings. The molecule has 0 aromatic heterocycles. The van der Waals surface area contributed by atoms with Crippen LogP contribution in [0.5, 0.6) is 0 Å². The molecule has 1 rings (SSSR count). The van der Waals surface area contributed by atoms with Crippen molar-refractivity contribution >= 4 is 0 Å². The van der Waals surface area contributed by atoms with E-state index in [9.17, 15) is 0 Å². The molecular weight excluding hydrogens is 258 g/mol. The lowest BCUT2D eigenvalue weighted by Gasteiger charge is -2.28. The molecule has 0 spiro atoms. The van der Waals surface area contributed by atoms with Gasteiger partial charge in [-0.25, -0.2) is 0 Å². The molecule has 0 radical (unpaired) electrons. The number of nitrogens with zero attached hydrogens (tertiary/aromatic N) is 2. The van der Waals surface area contributed by atoms with Crippen molar-refractivity contribution in [3.05, 3.63) is 34.9 Å². The predicted molar refractivity (Wildman–Crippen MR) is 93.0 cm³/mol. The van der Waals surface area contributed by atoms with Gasteiger partial charge in [-0.3, -0.25) is 0 Å². The van der Waals surface area contributed by atoms with Crippen LogP contribution in [0.3, 0.4) is 0 Å². The topological polar surface area (TPSA) is 18.5 Å². The van der Waals surface area contributed by atoms with E-state index in [-0.39, 0.29) is 0 Å². The molecule has 1 unspecified atom stereocenters. The monoisotopic (exact) mass is 291 g/mol. The molecule has 0 saturated carbocycles. The van der Waals surface area contributed by atoms with Crippen LogP contribution in [0.25, 0.3) is 0 Å². The molecule has 21 heavy (non-hydrogen) atoms. The fraction of sp³-hybridized carbons (Fsp3) is 0.667. The first kappa shape index (κ1) is 18.1. The maximum absolute atomic E-state index is 3.49. The van der Waals surface area contributed by atoms with Crippen molar-refractivity contribution < 1.29 is 0 Å². The highest BCUT2D eigenvalue weighted by atomic mass is 15.1. The number of benzene rings is 1. The van der Waals surface area contributed by atoms with E-state index >= 15 is 0 Å². The van der Waals surface area contributed by atoms with Gasteiger partial charge < -0.3 is 15.1 Å². The number of rotatable bonds is 9. The van der Waals surface area contributed by atoms with Crippen LogP contribution in [-0.2, 0) is 0 Å². The minimum absolute atomic E-state index is 0.407. The van der Waals surface area contributed by atoms with Gasteiger partial charge >= 0.3 is 0 Å². The van der Waals surface area contributed by atoms with Crippen LogP contribution in [0.15, 0.2) is 18.2 Å². The summed E-state index contributed by atoms with van der Waals surface area (Å²) in [7, 11) is 6.35. The zero-order valence-corrected chi connectivity index (χ0v) is 14.7. The summed E-state index contributed by atoms with van der Waals surface area (Å²) >= 11 is 0. The average molecular weight is 291 g/mol. The number of hydrogen-bond acceptors (Lipinski definition) is 3. The Hall–Kier alpha value is -0.900. The second-order valence-electron chi connectivity index (χ2n) is 6.25. The Bertz CT molecular complexity index is 415. The smallest absolute Gasteiger partial charge is 0.0449 e. The molecule has 0 aliphatic carbocycles. The van der Waals surface area contributed by atoms with Gasteiger partial charge in [0, 0.05) is 12.6 Å². The lowest BCUT2D eigenvalue weighted by molar-refractivity contribution is 0.242. The fourth-order valence-electron chi connectivity index (χ4n) is 2.81. The van der Waals surface area contributed by atoms with Crippen molar-refractivity contribution in [3.8, 4) is 0 Å². The van der Waals surface area contributed by atoms with Gasteiger partial charge in [0.05, 0.1) is 0 Å². The van der Waals surface area contributed by atoms with Gasteiger partial charge in [0.25, 0.3) is 0 Å². The highest BCUT2D eigenvalue weighted by Gasteiger charge is 2.15. The van der Waals surface area contributed by atoms with E-state index in [1.54, 1.807) is 0 Å². The lowest BCUT2D eigenvalue weighted by Crippen LogP contribution is -2.35. The van der Waals surface area contributed by atoms with Crippen LogP contribution in [-0.4, -0.2) is 57.1 Å². The second kappa shape index (κ2) is 9.19. The third-order valence-electron chi connectivity index (χ3n) is 4.12. The van der Waals surface area contributed by atoms with Crippen LogP contribution < -0.4 is 5.32 Å². The number of likely N-dealkylation sites (N-methyl/N-ethyl adjacent to an activating group) is 2. The van der Waals surface area contributed by atoms with Crippen LogP contribution in [0.1, 0.15) is 36.1 Å². The second-order valence-corrected chi connectivity index (χ2v) is 6.25. The largest absolute Gasteiger partial charge is 0.312 e. The first-order chi connectivity index (χ1) is 9.97. The molecular formula is C18H33N3. The van der Waals surface area contributed by atoms with Gasteiger partial charge in [-0.1, -0.05) is 30.7 Å². The van der Waals surface area contributed by atoms with Gasteiger partial charge in [-0.15, -0.1) is 0 Å². The predicted octanol–water partition coefficient (Wildman–Crippen LogP) is 2.84. The van der Waals surface area contributed by atoms with Gasteiger partial charge in [-0.2, -0.15) is 0 Å². The van der Waals surface area contributed by atoms with E-state index in [1.165, 1.54) is 23.1 Å². The molecule has 3 heteroatoms. The zero-order valence-electron chi connectivity index (χ0n) is 14.7. The SMILES string of the molecule is CCN(CCCN(C)C)CC(NC)c1ccc(C)cc1C. The number of aryl methyl sites for hydroxylation is 2. The minimum Gasteiger partial charge on any atom is -0.312 e. The van der Waals surface area contributed by atoms with E-state index < -0.39 is 0 Å². The molecule has 0 bridgehead atoms. The summed E-state index contributed by atoms with van der Waals surface area (Å²) in [6.07, 6.45) is 1.23. The summed E-state index contributed by atoms with van der Waals surface area (Å²) in [6.45, 7) is 11.1. The number of nitrogens with one attached hydrogen (secondary N) is 1. The molecule has 0 amide bonds. The quantitative estimate of drug-likeness (QED) is 0.755. The fourth-order valence-corrected chi connectivity index (χ4v) is 2.81. The van der Waals surface area contributed by atoms with Crippen molar-refractivity contribution in [2.75, 3.05) is 47.3 Å². The summed E-state index contributed by atoms with van der Waals surface area (Å²) in [4.78, 5) is 4.80. The van der Waals surface area contributed by atoms with Gasteiger partial charge in [0.2, 0.25) is 0 Å². The molecule has 3 nitrogen and oxygen atoms in total. The van der Waals surface area contributed by atoms with E-state index in [2.05, 4.69) is 75.2 Å². The van der Waals surface area contributed by atoms with E-state index in [0.717, 1.165) is 26.2 Å². The highest BCUT2D eigenvalue weighted by Crippen LogP contribution is 2.20.